The Balaban J connectivity index is 2.36. The highest BCUT2D eigenvalue weighted by atomic mass is 79.9. The molecule has 0 atom stereocenters. The van der Waals surface area contributed by atoms with Gasteiger partial charge in [0.2, 0.25) is 0 Å². The Morgan fingerprint density at radius 2 is 1.71 bits per heavy atom. The van der Waals surface area contributed by atoms with E-state index < -0.39 is 9.84 Å². The highest BCUT2D eigenvalue weighted by Gasteiger charge is 2.14. The van der Waals surface area contributed by atoms with Gasteiger partial charge in [-0.1, -0.05) is 0 Å². The molecule has 0 radical (unpaired) electrons. The van der Waals surface area contributed by atoms with Gasteiger partial charge in [-0.15, -0.1) is 0 Å². The third-order valence-corrected chi connectivity index (χ3v) is 4.75. The first-order chi connectivity index (χ1) is 9.82. The number of ketones is 1. The number of benzene rings is 2. The first kappa shape index (κ1) is 15.7. The van der Waals surface area contributed by atoms with Crippen LogP contribution in [0.1, 0.15) is 15.9 Å². The van der Waals surface area contributed by atoms with Gasteiger partial charge in [-0.05, 0) is 58.4 Å². The predicted octanol–water partition coefficient (Wildman–Crippen LogP) is 3.09. The van der Waals surface area contributed by atoms with Crippen LogP contribution in [0.15, 0.2) is 51.8 Å². The van der Waals surface area contributed by atoms with Gasteiger partial charge >= 0.3 is 0 Å². The molecule has 4 nitrogen and oxygen atoms in total. The maximum Gasteiger partial charge on any atom is 0.194 e. The molecular weight excluding hydrogens is 356 g/mol. The summed E-state index contributed by atoms with van der Waals surface area (Å²) in [7, 11) is -1.72. The molecule has 0 amide bonds. The second kappa shape index (κ2) is 5.99. The van der Waals surface area contributed by atoms with Crippen molar-refractivity contribution in [2.24, 2.45) is 0 Å². The zero-order chi connectivity index (χ0) is 15.6. The van der Waals surface area contributed by atoms with Gasteiger partial charge in [-0.3, -0.25) is 4.79 Å². The van der Waals surface area contributed by atoms with Crippen molar-refractivity contribution in [2.75, 3.05) is 13.4 Å². The van der Waals surface area contributed by atoms with Crippen LogP contribution in [0.3, 0.4) is 0 Å². The Bertz CT molecular complexity index is 780. The minimum absolute atomic E-state index is 0.188. The number of ether oxygens (including phenoxy) is 1. The molecule has 0 saturated carbocycles. The fraction of sp³-hybridized carbons (Fsp3) is 0.133. The van der Waals surface area contributed by atoms with E-state index in [1.54, 1.807) is 25.3 Å². The lowest BCUT2D eigenvalue weighted by Crippen LogP contribution is -2.04. The van der Waals surface area contributed by atoms with Gasteiger partial charge in [0.1, 0.15) is 5.75 Å². The molecule has 0 aromatic heterocycles. The summed E-state index contributed by atoms with van der Waals surface area (Å²) in [5, 5.41) is 0. The van der Waals surface area contributed by atoms with Crippen LogP contribution in [-0.4, -0.2) is 27.6 Å². The van der Waals surface area contributed by atoms with Crippen LogP contribution in [0, 0.1) is 0 Å². The summed E-state index contributed by atoms with van der Waals surface area (Å²) in [5.74, 6) is 0.454. The Morgan fingerprint density at radius 3 is 2.19 bits per heavy atom. The number of carbonyl (C=O) groups excluding carboxylic acids is 1. The predicted molar refractivity (Wildman–Crippen MR) is 83.7 cm³/mol. The molecule has 2 aromatic carbocycles. The number of halogens is 1. The SMILES string of the molecule is COc1ccc(C(=O)c2ccc(S(C)(=O)=O)cc2)c(Br)c1. The van der Waals surface area contributed by atoms with Crippen molar-refractivity contribution in [3.05, 3.63) is 58.1 Å². The number of hydrogen-bond donors (Lipinski definition) is 0. The van der Waals surface area contributed by atoms with Gasteiger partial charge < -0.3 is 4.74 Å². The van der Waals surface area contributed by atoms with Gasteiger partial charge in [0, 0.05) is 21.9 Å². The fourth-order valence-electron chi connectivity index (χ4n) is 1.82. The molecule has 110 valence electrons. The zero-order valence-electron chi connectivity index (χ0n) is 11.5. The average Bonchev–Trinajstić information content (AvgIpc) is 2.45. The standard InChI is InChI=1S/C15H13BrO4S/c1-20-11-5-8-13(14(16)9-11)15(17)10-3-6-12(7-4-10)21(2,18)19/h3-9H,1-2H3. The van der Waals surface area contributed by atoms with Crippen molar-refractivity contribution in [1.82, 2.24) is 0 Å². The summed E-state index contributed by atoms with van der Waals surface area (Å²) in [5.41, 5.74) is 0.913. The summed E-state index contributed by atoms with van der Waals surface area (Å²) in [6.45, 7) is 0. The fourth-order valence-corrected chi connectivity index (χ4v) is 2.98. The smallest absolute Gasteiger partial charge is 0.194 e. The van der Waals surface area contributed by atoms with E-state index in [1.165, 1.54) is 24.3 Å². The van der Waals surface area contributed by atoms with E-state index in [-0.39, 0.29) is 10.7 Å². The van der Waals surface area contributed by atoms with Crippen molar-refractivity contribution >= 4 is 31.6 Å². The second-order valence-corrected chi connectivity index (χ2v) is 7.34. The molecule has 6 heteroatoms. The number of rotatable bonds is 4. The van der Waals surface area contributed by atoms with Crippen LogP contribution < -0.4 is 4.74 Å². The first-order valence-corrected chi connectivity index (χ1v) is 8.69. The lowest BCUT2D eigenvalue weighted by Gasteiger charge is -2.07. The van der Waals surface area contributed by atoms with Crippen LogP contribution in [-0.2, 0) is 9.84 Å². The lowest BCUT2D eigenvalue weighted by atomic mass is 10.0. The Morgan fingerprint density at radius 1 is 1.10 bits per heavy atom. The Labute approximate surface area is 131 Å². The minimum atomic E-state index is -3.26. The van der Waals surface area contributed by atoms with Gasteiger partial charge in [-0.25, -0.2) is 8.42 Å². The van der Waals surface area contributed by atoms with Crippen LogP contribution in [0.2, 0.25) is 0 Å². The molecule has 0 unspecified atom stereocenters. The molecule has 0 N–H and O–H groups in total. The first-order valence-electron chi connectivity index (χ1n) is 6.01. The molecule has 2 aromatic rings. The van der Waals surface area contributed by atoms with Crippen LogP contribution in [0.5, 0.6) is 5.75 Å². The van der Waals surface area contributed by atoms with Gasteiger partial charge in [0.25, 0.3) is 0 Å². The van der Waals surface area contributed by atoms with Crippen LogP contribution in [0.4, 0.5) is 0 Å². The van der Waals surface area contributed by atoms with E-state index >= 15 is 0 Å². The molecular formula is C15H13BrO4S. The molecule has 0 bridgehead atoms. The summed E-state index contributed by atoms with van der Waals surface area (Å²) >= 11 is 3.34. The largest absolute Gasteiger partial charge is 0.497 e. The van der Waals surface area contributed by atoms with E-state index in [0.717, 1.165) is 6.26 Å². The molecule has 0 spiro atoms. The summed E-state index contributed by atoms with van der Waals surface area (Å²) in [6, 6.07) is 10.9. The van der Waals surface area contributed by atoms with Crippen molar-refractivity contribution in [3.8, 4) is 5.75 Å². The molecule has 0 aliphatic rings. The quantitative estimate of drug-likeness (QED) is 0.778. The van der Waals surface area contributed by atoms with Gasteiger partial charge in [-0.2, -0.15) is 0 Å². The molecule has 0 fully saturated rings. The summed E-state index contributed by atoms with van der Waals surface area (Å²) < 4.78 is 28.5. The highest BCUT2D eigenvalue weighted by molar-refractivity contribution is 9.10. The molecule has 2 rings (SSSR count). The van der Waals surface area contributed by atoms with Crippen molar-refractivity contribution in [2.45, 2.75) is 4.90 Å². The summed E-state index contributed by atoms with van der Waals surface area (Å²) in [6.07, 6.45) is 1.13. The van der Waals surface area contributed by atoms with Crippen LogP contribution in [0.25, 0.3) is 0 Å². The molecule has 0 aliphatic carbocycles. The number of carbonyl (C=O) groups is 1. The Hall–Kier alpha value is -1.66. The number of sulfone groups is 1. The minimum Gasteiger partial charge on any atom is -0.497 e. The second-order valence-electron chi connectivity index (χ2n) is 4.47. The van der Waals surface area contributed by atoms with Gasteiger partial charge in [0.05, 0.1) is 12.0 Å². The number of methoxy groups -OCH3 is 1. The van der Waals surface area contributed by atoms with E-state index in [4.69, 9.17) is 4.74 Å². The van der Waals surface area contributed by atoms with Crippen molar-refractivity contribution < 1.29 is 17.9 Å². The maximum atomic E-state index is 12.4. The number of hydrogen-bond acceptors (Lipinski definition) is 4. The molecule has 0 saturated heterocycles. The average molecular weight is 369 g/mol. The topological polar surface area (TPSA) is 60.4 Å². The lowest BCUT2D eigenvalue weighted by molar-refractivity contribution is 0.103. The van der Waals surface area contributed by atoms with Crippen molar-refractivity contribution in [1.29, 1.82) is 0 Å². The molecule has 0 heterocycles. The molecule has 21 heavy (non-hydrogen) atoms. The van der Waals surface area contributed by atoms with E-state index in [0.29, 0.717) is 21.3 Å². The van der Waals surface area contributed by atoms with Gasteiger partial charge in [0.15, 0.2) is 15.6 Å². The van der Waals surface area contributed by atoms with E-state index in [1.807, 2.05) is 0 Å². The van der Waals surface area contributed by atoms with Crippen molar-refractivity contribution in [3.63, 3.8) is 0 Å². The van der Waals surface area contributed by atoms with Crippen LogP contribution >= 0.6 is 15.9 Å². The van der Waals surface area contributed by atoms with E-state index in [9.17, 15) is 13.2 Å². The maximum absolute atomic E-state index is 12.4. The third kappa shape index (κ3) is 3.51. The Kier molecular flexibility index (Phi) is 4.49. The van der Waals surface area contributed by atoms with E-state index in [2.05, 4.69) is 15.9 Å². The normalized spacial score (nSPS) is 11.2. The summed E-state index contributed by atoms with van der Waals surface area (Å²) in [4.78, 5) is 12.6. The molecule has 0 aliphatic heterocycles. The highest BCUT2D eigenvalue weighted by Crippen LogP contribution is 2.25. The zero-order valence-corrected chi connectivity index (χ0v) is 13.9. The third-order valence-electron chi connectivity index (χ3n) is 2.97. The monoisotopic (exact) mass is 368 g/mol.